The Hall–Kier alpha value is 0.435. The molecule has 0 aromatic carbocycles. The Morgan fingerprint density at radius 3 is 1.62 bits per heavy atom. The molecule has 0 aromatic rings. The number of rotatable bonds is 5. The first-order chi connectivity index (χ1) is 5.78. The van der Waals surface area contributed by atoms with E-state index in [1.54, 1.807) is 0 Å². The Balaban J connectivity index is -0.000000240. The maximum atomic E-state index is 10.3. The number of aliphatic hydroxyl groups is 1. The molecule has 0 amide bonds. The summed E-state index contributed by atoms with van der Waals surface area (Å²) in [5.74, 6) is -5.34. The van der Waals surface area contributed by atoms with Gasteiger partial charge in [0.2, 0.25) is 0 Å². The van der Waals surface area contributed by atoms with Crippen LogP contribution in [-0.4, -0.2) is 47.2 Å². The fourth-order valence-corrected chi connectivity index (χ4v) is 0.703. The Labute approximate surface area is 137 Å². The van der Waals surface area contributed by atoms with Crippen LogP contribution in [0.5, 0.6) is 0 Å². The predicted octanol–water partition coefficient (Wildman–Crippen LogP) is -10.0. The summed E-state index contributed by atoms with van der Waals surface area (Å²) >= 11 is 0. The van der Waals surface area contributed by atoms with Crippen LogP contribution >= 0.6 is 0 Å². The number of carboxylic acid groups (broad SMARTS) is 3. The summed E-state index contributed by atoms with van der Waals surface area (Å²) in [4.78, 5) is 30.3. The van der Waals surface area contributed by atoms with Gasteiger partial charge in [-0.1, -0.05) is 8.41 Å². The molecule has 0 saturated carbocycles. The van der Waals surface area contributed by atoms with E-state index in [4.69, 9.17) is 15.3 Å². The van der Waals surface area contributed by atoms with Gasteiger partial charge in [0.15, 0.2) is 5.60 Å². The quantitative estimate of drug-likeness (QED) is 0.413. The Kier molecular flexibility index (Phi) is 16.7. The molecule has 0 heterocycles. The zero-order valence-electron chi connectivity index (χ0n) is 8.39. The third kappa shape index (κ3) is 9.65. The maximum Gasteiger partial charge on any atom is 1.00 e. The van der Waals surface area contributed by atoms with Crippen LogP contribution in [0.15, 0.2) is 0 Å². The number of hydrogen-bond acceptors (Lipinski definition) is 5. The molecule has 0 aliphatic rings. The average Bonchev–Trinajstić information content (AvgIpc) is 1.82. The van der Waals surface area contributed by atoms with Crippen molar-refractivity contribution in [1.82, 2.24) is 0 Å². The summed E-state index contributed by atoms with van der Waals surface area (Å²) in [6.07, 6.45) is -2.44. The number of hydrogen-bond donors (Lipinski definition) is 3. The molecule has 1 atom stereocenters. The number of carbonyl (C=O) groups is 3. The van der Waals surface area contributed by atoms with Crippen molar-refractivity contribution in [3.05, 3.63) is 0 Å². The van der Waals surface area contributed by atoms with Crippen molar-refractivity contribution in [2.24, 2.45) is 0 Å². The van der Waals surface area contributed by atoms with E-state index in [2.05, 4.69) is 0 Å². The van der Waals surface area contributed by atoms with E-state index in [0.29, 0.717) is 0 Å². The van der Waals surface area contributed by atoms with Crippen molar-refractivity contribution in [3.8, 4) is 0 Å². The second-order valence-electron chi connectivity index (χ2n) is 2.46. The van der Waals surface area contributed by atoms with Crippen LogP contribution < -0.4 is 64.2 Å². The number of aliphatic carboxylic acids is 3. The first-order valence-corrected chi connectivity index (χ1v) is 3.15. The molecule has 10 heteroatoms. The van der Waals surface area contributed by atoms with E-state index >= 15 is 0 Å². The Bertz CT molecular complexity index is 241. The van der Waals surface area contributed by atoms with Gasteiger partial charge in [0.05, 0.1) is 6.42 Å². The van der Waals surface area contributed by atoms with Crippen molar-refractivity contribution < 1.29 is 93.9 Å². The normalized spacial score (nSPS) is 11.8. The van der Waals surface area contributed by atoms with E-state index in [1.165, 1.54) is 0 Å². The first-order valence-electron chi connectivity index (χ1n) is 3.15. The third-order valence-corrected chi connectivity index (χ3v) is 1.28. The molecule has 0 spiro atoms. The van der Waals surface area contributed by atoms with Gasteiger partial charge in [-0.3, -0.25) is 4.79 Å². The molecular formula is C6H11BNa2O7. The van der Waals surface area contributed by atoms with Crippen LogP contribution in [0.2, 0.25) is 0 Å². The van der Waals surface area contributed by atoms with Crippen LogP contribution in [0.3, 0.4) is 0 Å². The molecule has 1 unspecified atom stereocenters. The van der Waals surface area contributed by atoms with Gasteiger partial charge < -0.3 is 25.2 Å². The van der Waals surface area contributed by atoms with Gasteiger partial charge in [0.1, 0.15) is 0 Å². The minimum atomic E-state index is -2.80. The molecule has 82 valence electrons. The molecule has 0 aliphatic carbocycles. The summed E-state index contributed by atoms with van der Waals surface area (Å²) in [5.41, 5.74) is -2.80. The van der Waals surface area contributed by atoms with Crippen molar-refractivity contribution in [2.45, 2.75) is 18.4 Å². The van der Waals surface area contributed by atoms with Crippen LogP contribution in [0, 0.1) is 0 Å². The van der Waals surface area contributed by atoms with E-state index in [-0.39, 0.29) is 67.5 Å². The number of carboxylic acids is 3. The summed E-state index contributed by atoms with van der Waals surface area (Å²) in [7, 11) is 0. The van der Waals surface area contributed by atoms with Gasteiger partial charge in [-0.15, -0.1) is 0 Å². The average molecular weight is 252 g/mol. The zero-order valence-corrected chi connectivity index (χ0v) is 12.4. The second kappa shape index (κ2) is 10.6. The standard InChI is InChI=1S/C6H8O7.BH4.2Na/c7-3(8)1-6(13,5(11)12)2-4(9)10;;;/h13H,1-2H2,(H,7,8)(H,9,10)(H,11,12);1H4;;/q;-1;2*+1/p-1. The molecule has 0 saturated heterocycles. The molecule has 0 fully saturated rings. The summed E-state index contributed by atoms with van der Waals surface area (Å²) in [5, 5.41) is 35.5. The van der Waals surface area contributed by atoms with Crippen LogP contribution in [0.1, 0.15) is 12.8 Å². The van der Waals surface area contributed by atoms with Gasteiger partial charge in [-0.05, 0) is 0 Å². The maximum absolute atomic E-state index is 10.3. The van der Waals surface area contributed by atoms with Crippen LogP contribution in [0.4, 0.5) is 0 Å². The van der Waals surface area contributed by atoms with Crippen LogP contribution in [-0.2, 0) is 14.4 Å². The summed E-state index contributed by atoms with van der Waals surface area (Å²) in [6.45, 7) is 0. The van der Waals surface area contributed by atoms with E-state index in [9.17, 15) is 19.5 Å². The van der Waals surface area contributed by atoms with Crippen molar-refractivity contribution in [1.29, 1.82) is 0 Å². The summed E-state index contributed by atoms with van der Waals surface area (Å²) < 4.78 is 0. The smallest absolute Gasteiger partial charge is 0.550 e. The van der Waals surface area contributed by atoms with Gasteiger partial charge in [-0.25, -0.2) is 4.79 Å². The minimum Gasteiger partial charge on any atom is -0.550 e. The van der Waals surface area contributed by atoms with Crippen molar-refractivity contribution >= 4 is 26.3 Å². The van der Waals surface area contributed by atoms with Gasteiger partial charge in [-0.2, -0.15) is 0 Å². The minimum absolute atomic E-state index is 0. The number of carbonyl (C=O) groups excluding carboxylic acids is 1. The molecule has 0 bridgehead atoms. The van der Waals surface area contributed by atoms with Gasteiger partial charge >= 0.3 is 71.1 Å². The molecule has 0 radical (unpaired) electrons. The molecule has 0 aromatic heterocycles. The Morgan fingerprint density at radius 2 is 1.44 bits per heavy atom. The topological polar surface area (TPSA) is 135 Å². The molecule has 3 N–H and O–H groups in total. The fraction of sp³-hybridized carbons (Fsp3) is 0.500. The van der Waals surface area contributed by atoms with E-state index < -0.39 is 36.4 Å². The van der Waals surface area contributed by atoms with Gasteiger partial charge in [0.25, 0.3) is 0 Å². The molecule has 16 heavy (non-hydrogen) atoms. The van der Waals surface area contributed by atoms with Crippen LogP contribution in [0.25, 0.3) is 0 Å². The monoisotopic (exact) mass is 252 g/mol. The third-order valence-electron chi connectivity index (χ3n) is 1.28. The SMILES string of the molecule is O=C([O-])CC(O)(CC(=O)O)C(=O)O.[BH4-].[Na+].[Na+]. The zero-order chi connectivity index (χ0) is 10.6. The second-order valence-corrected chi connectivity index (χ2v) is 2.46. The fourth-order valence-electron chi connectivity index (χ4n) is 0.703. The molecule has 0 aliphatic heterocycles. The Morgan fingerprint density at radius 1 is 1.06 bits per heavy atom. The van der Waals surface area contributed by atoms with Crippen molar-refractivity contribution in [3.63, 3.8) is 0 Å². The van der Waals surface area contributed by atoms with E-state index in [1.807, 2.05) is 0 Å². The first kappa shape index (κ1) is 25.3. The molecule has 0 rings (SSSR count). The largest absolute Gasteiger partial charge is 1.00 e. The summed E-state index contributed by atoms with van der Waals surface area (Å²) in [6, 6.07) is 0. The molecular weight excluding hydrogens is 241 g/mol. The molecule has 7 nitrogen and oxygen atoms in total. The predicted molar refractivity (Wildman–Crippen MR) is 45.8 cm³/mol. The van der Waals surface area contributed by atoms with E-state index in [0.717, 1.165) is 0 Å². The van der Waals surface area contributed by atoms with Crippen molar-refractivity contribution in [2.75, 3.05) is 0 Å². The van der Waals surface area contributed by atoms with Gasteiger partial charge in [0, 0.05) is 12.4 Å².